The van der Waals surface area contributed by atoms with E-state index in [2.05, 4.69) is 10.5 Å². The van der Waals surface area contributed by atoms with Gasteiger partial charge in [0.1, 0.15) is 6.04 Å². The van der Waals surface area contributed by atoms with Gasteiger partial charge in [-0.05, 0) is 49.4 Å². The maximum atomic E-state index is 13.1. The summed E-state index contributed by atoms with van der Waals surface area (Å²) in [6, 6.07) is 21.8. The molecular formula is C23H17Cl2N3O2. The predicted molar refractivity (Wildman–Crippen MR) is 118 cm³/mol. The third-order valence-electron chi connectivity index (χ3n) is 5.47. The Kier molecular flexibility index (Phi) is 4.45. The van der Waals surface area contributed by atoms with E-state index in [9.17, 15) is 4.79 Å². The molecule has 2 atom stereocenters. The van der Waals surface area contributed by atoms with Crippen molar-refractivity contribution in [3.63, 3.8) is 0 Å². The monoisotopic (exact) mass is 437 g/mol. The number of nitrogens with zero attached hydrogens (tertiary/aromatic N) is 2. The molecule has 1 amide bonds. The number of amidine groups is 1. The second-order valence-electron chi connectivity index (χ2n) is 7.25. The van der Waals surface area contributed by atoms with Crippen molar-refractivity contribution in [1.29, 1.82) is 0 Å². The highest BCUT2D eigenvalue weighted by molar-refractivity contribution is 6.31. The minimum absolute atomic E-state index is 0.163. The van der Waals surface area contributed by atoms with Gasteiger partial charge >= 0.3 is 0 Å². The lowest BCUT2D eigenvalue weighted by Crippen LogP contribution is -2.53. The van der Waals surface area contributed by atoms with Gasteiger partial charge in [-0.1, -0.05) is 58.7 Å². The van der Waals surface area contributed by atoms with E-state index < -0.39 is 11.8 Å². The average molecular weight is 438 g/mol. The second kappa shape index (κ2) is 7.04. The summed E-state index contributed by atoms with van der Waals surface area (Å²) in [5.41, 5.74) is 1.82. The molecule has 2 aliphatic heterocycles. The number of amides is 1. The fourth-order valence-electron chi connectivity index (χ4n) is 4.04. The lowest BCUT2D eigenvalue weighted by atomic mass is 9.90. The highest BCUT2D eigenvalue weighted by Crippen LogP contribution is 2.48. The molecule has 0 radical (unpaired) electrons. The number of carbonyl (C=O) groups excluding carboxylic acids is 1. The summed E-state index contributed by atoms with van der Waals surface area (Å²) >= 11 is 12.5. The highest BCUT2D eigenvalue weighted by atomic mass is 35.5. The Hall–Kier alpha value is -3.02. The van der Waals surface area contributed by atoms with Gasteiger partial charge in [0.05, 0.1) is 5.69 Å². The zero-order chi connectivity index (χ0) is 20.9. The van der Waals surface area contributed by atoms with Crippen molar-refractivity contribution in [2.45, 2.75) is 18.7 Å². The van der Waals surface area contributed by atoms with Gasteiger partial charge in [-0.15, -0.1) is 0 Å². The van der Waals surface area contributed by atoms with Crippen molar-refractivity contribution < 1.29 is 9.63 Å². The molecule has 0 unspecified atom stereocenters. The topological polar surface area (TPSA) is 53.9 Å². The van der Waals surface area contributed by atoms with Crippen LogP contribution in [-0.4, -0.2) is 22.7 Å². The molecule has 0 aliphatic carbocycles. The second-order valence-corrected chi connectivity index (χ2v) is 8.12. The number of oxime groups is 1. The predicted octanol–water partition coefficient (Wildman–Crippen LogP) is 5.23. The van der Waals surface area contributed by atoms with Crippen LogP contribution in [-0.2, 0) is 15.4 Å². The smallest absolute Gasteiger partial charge is 0.265 e. The largest absolute Gasteiger partial charge is 0.355 e. The lowest BCUT2D eigenvalue weighted by molar-refractivity contribution is -0.127. The van der Waals surface area contributed by atoms with Crippen LogP contribution < -0.4 is 5.32 Å². The summed E-state index contributed by atoms with van der Waals surface area (Å²) in [6.07, 6.45) is 0. The van der Waals surface area contributed by atoms with Crippen molar-refractivity contribution in [3.05, 3.63) is 99.5 Å². The van der Waals surface area contributed by atoms with Crippen molar-refractivity contribution in [2.24, 2.45) is 5.16 Å². The fourth-order valence-corrected chi connectivity index (χ4v) is 4.34. The number of carbonyl (C=O) groups is 1. The minimum Gasteiger partial charge on any atom is -0.355 e. The van der Waals surface area contributed by atoms with Crippen LogP contribution in [0.1, 0.15) is 23.6 Å². The van der Waals surface area contributed by atoms with E-state index in [-0.39, 0.29) is 5.91 Å². The van der Waals surface area contributed by atoms with E-state index in [1.165, 1.54) is 0 Å². The first-order valence-electron chi connectivity index (χ1n) is 9.48. The number of halogens is 2. The molecule has 1 N–H and O–H groups in total. The van der Waals surface area contributed by atoms with E-state index in [0.717, 1.165) is 11.1 Å². The first kappa shape index (κ1) is 19.0. The number of rotatable bonds is 2. The summed E-state index contributed by atoms with van der Waals surface area (Å²) in [4.78, 5) is 21.2. The maximum Gasteiger partial charge on any atom is 0.265 e. The molecule has 7 heteroatoms. The van der Waals surface area contributed by atoms with Crippen LogP contribution >= 0.6 is 23.2 Å². The molecule has 5 nitrogen and oxygen atoms in total. The minimum atomic E-state index is -1.16. The molecule has 3 aromatic carbocycles. The molecule has 0 saturated carbocycles. The molecule has 2 heterocycles. The molecule has 0 spiro atoms. The van der Waals surface area contributed by atoms with Crippen LogP contribution in [0, 0.1) is 0 Å². The molecule has 150 valence electrons. The average Bonchev–Trinajstić information content (AvgIpc) is 3.13. The Morgan fingerprint density at radius 3 is 2.43 bits per heavy atom. The first-order chi connectivity index (χ1) is 14.5. The molecule has 2 aliphatic rings. The van der Waals surface area contributed by atoms with E-state index in [0.29, 0.717) is 27.1 Å². The Morgan fingerprint density at radius 1 is 1.00 bits per heavy atom. The van der Waals surface area contributed by atoms with Crippen molar-refractivity contribution in [1.82, 2.24) is 4.90 Å². The summed E-state index contributed by atoms with van der Waals surface area (Å²) in [5, 5.41) is 8.62. The summed E-state index contributed by atoms with van der Waals surface area (Å²) < 4.78 is 0. The molecular weight excluding hydrogens is 421 g/mol. The molecule has 0 bridgehead atoms. The van der Waals surface area contributed by atoms with Gasteiger partial charge in [0.15, 0.2) is 5.84 Å². The van der Waals surface area contributed by atoms with Crippen LogP contribution in [0.5, 0.6) is 0 Å². The number of nitrogens with one attached hydrogen (secondary N) is 1. The molecule has 0 fully saturated rings. The molecule has 5 rings (SSSR count). The Morgan fingerprint density at radius 2 is 1.70 bits per heavy atom. The Bertz CT molecular complexity index is 1160. The van der Waals surface area contributed by atoms with Crippen molar-refractivity contribution >= 4 is 40.6 Å². The van der Waals surface area contributed by atoms with E-state index in [1.54, 1.807) is 24.3 Å². The lowest BCUT2D eigenvalue weighted by Gasteiger charge is -2.39. The molecule has 3 aromatic rings. The summed E-state index contributed by atoms with van der Waals surface area (Å²) in [5.74, 6) is 0.384. The number of hydrogen-bond acceptors (Lipinski definition) is 4. The van der Waals surface area contributed by atoms with E-state index in [4.69, 9.17) is 28.0 Å². The number of benzene rings is 3. The summed E-state index contributed by atoms with van der Waals surface area (Å²) in [7, 11) is 0. The number of anilines is 1. The van der Waals surface area contributed by atoms with Gasteiger partial charge in [0, 0.05) is 26.7 Å². The van der Waals surface area contributed by atoms with Gasteiger partial charge in [-0.25, -0.2) is 0 Å². The van der Waals surface area contributed by atoms with Gasteiger partial charge in [-0.3, -0.25) is 9.69 Å². The molecule has 0 aromatic heterocycles. The zero-order valence-corrected chi connectivity index (χ0v) is 17.5. The van der Waals surface area contributed by atoms with Crippen molar-refractivity contribution in [2.75, 3.05) is 5.32 Å². The van der Waals surface area contributed by atoms with Gasteiger partial charge < -0.3 is 10.2 Å². The van der Waals surface area contributed by atoms with Crippen LogP contribution in [0.25, 0.3) is 0 Å². The molecule has 0 saturated heterocycles. The van der Waals surface area contributed by atoms with E-state index in [1.807, 2.05) is 60.4 Å². The Labute approximate surface area is 183 Å². The number of fused-ring (bicyclic) bond motifs is 3. The third kappa shape index (κ3) is 2.77. The van der Waals surface area contributed by atoms with Crippen molar-refractivity contribution in [3.8, 4) is 0 Å². The van der Waals surface area contributed by atoms with Crippen LogP contribution in [0.4, 0.5) is 5.69 Å². The standard InChI is InChI=1S/C23H17Cl2N3O2/c1-14-22(29)26-20-12-11-18(25)13-19(20)23(16-5-3-2-4-6-16)28(14)21(27-30-23)15-7-9-17(24)10-8-15/h2-14H,1H3,(H,26,29)/t14-,23+/m0/s1. The quantitative estimate of drug-likeness (QED) is 0.596. The van der Waals surface area contributed by atoms with Crippen LogP contribution in [0.15, 0.2) is 78.0 Å². The zero-order valence-electron chi connectivity index (χ0n) is 16.0. The fraction of sp³-hybridized carbons (Fsp3) is 0.130. The third-order valence-corrected chi connectivity index (χ3v) is 5.96. The summed E-state index contributed by atoms with van der Waals surface area (Å²) in [6.45, 7) is 1.83. The SMILES string of the molecule is C[C@H]1C(=O)Nc2ccc(Cl)cc2[C@@]2(c3ccccc3)ON=C(c3ccc(Cl)cc3)N12. The number of hydrogen-bond donors (Lipinski definition) is 1. The van der Waals surface area contributed by atoms with E-state index >= 15 is 0 Å². The van der Waals surface area contributed by atoms with Gasteiger partial charge in [-0.2, -0.15) is 0 Å². The molecule has 30 heavy (non-hydrogen) atoms. The first-order valence-corrected chi connectivity index (χ1v) is 10.2. The normalized spacial score (nSPS) is 22.4. The maximum absolute atomic E-state index is 13.1. The highest BCUT2D eigenvalue weighted by Gasteiger charge is 2.55. The van der Waals surface area contributed by atoms with Gasteiger partial charge in [0.25, 0.3) is 5.72 Å². The van der Waals surface area contributed by atoms with Crippen LogP contribution in [0.2, 0.25) is 10.0 Å². The van der Waals surface area contributed by atoms with Gasteiger partial charge in [0.2, 0.25) is 5.91 Å². The Balaban J connectivity index is 1.80. The van der Waals surface area contributed by atoms with Crippen LogP contribution in [0.3, 0.4) is 0 Å².